The summed E-state index contributed by atoms with van der Waals surface area (Å²) in [7, 11) is 4.62. The van der Waals surface area contributed by atoms with Gasteiger partial charge in [-0.2, -0.15) is 0 Å². The number of methoxy groups -OCH3 is 3. The molecule has 0 unspecified atom stereocenters. The highest BCUT2D eigenvalue weighted by atomic mass is 32.2. The van der Waals surface area contributed by atoms with E-state index in [9.17, 15) is 9.59 Å². The number of ether oxygens (including phenoxy) is 3. The predicted octanol–water partition coefficient (Wildman–Crippen LogP) is 6.46. The maximum atomic E-state index is 12.9. The van der Waals surface area contributed by atoms with Crippen LogP contribution in [0.2, 0.25) is 0 Å². The van der Waals surface area contributed by atoms with Gasteiger partial charge in [-0.25, -0.2) is 9.78 Å². The summed E-state index contributed by atoms with van der Waals surface area (Å²) < 4.78 is 15.7. The van der Waals surface area contributed by atoms with Gasteiger partial charge in [0.05, 0.1) is 26.9 Å². The highest BCUT2D eigenvalue weighted by molar-refractivity contribution is 7.99. The van der Waals surface area contributed by atoms with Gasteiger partial charge in [-0.15, -0.1) is 21.5 Å². The van der Waals surface area contributed by atoms with Gasteiger partial charge in [0.25, 0.3) is 0 Å². The Morgan fingerprint density at radius 2 is 1.50 bits per heavy atom. The van der Waals surface area contributed by atoms with Crippen molar-refractivity contribution in [3.63, 3.8) is 0 Å². The van der Waals surface area contributed by atoms with Gasteiger partial charge in [0.15, 0.2) is 0 Å². The maximum absolute atomic E-state index is 12.9. The topological polar surface area (TPSA) is 113 Å². The van der Waals surface area contributed by atoms with Crippen molar-refractivity contribution in [2.75, 3.05) is 32.4 Å². The fourth-order valence-corrected chi connectivity index (χ4v) is 6.86. The van der Waals surface area contributed by atoms with E-state index < -0.39 is 5.97 Å². The van der Waals surface area contributed by atoms with Crippen molar-refractivity contribution in [1.29, 1.82) is 0 Å². The number of carbonyl (C=O) groups is 2. The van der Waals surface area contributed by atoms with Crippen molar-refractivity contribution in [1.82, 2.24) is 15.2 Å². The molecule has 0 atom stereocenters. The molecule has 0 saturated carbocycles. The zero-order valence-corrected chi connectivity index (χ0v) is 25.4. The van der Waals surface area contributed by atoms with Crippen molar-refractivity contribution >= 4 is 40.0 Å². The van der Waals surface area contributed by atoms with E-state index >= 15 is 0 Å². The first kappa shape index (κ1) is 29.5. The molecule has 0 fully saturated rings. The van der Waals surface area contributed by atoms with Crippen LogP contribution >= 0.6 is 23.1 Å². The van der Waals surface area contributed by atoms with Gasteiger partial charge in [-0.3, -0.25) is 4.79 Å². The number of esters is 1. The molecule has 218 valence electrons. The first-order valence-electron chi connectivity index (χ1n) is 13.7. The molecule has 0 spiro atoms. The number of aromatic nitrogens is 3. The monoisotopic (exact) mass is 604 g/mol. The van der Waals surface area contributed by atoms with Crippen LogP contribution in [-0.4, -0.2) is 54.1 Å². The van der Waals surface area contributed by atoms with Gasteiger partial charge in [0, 0.05) is 28.2 Å². The summed E-state index contributed by atoms with van der Waals surface area (Å²) in [6.45, 7) is 0. The van der Waals surface area contributed by atoms with Crippen LogP contribution in [0.25, 0.3) is 22.5 Å². The standard InChI is InChI=1S/C31H32N4O5S2/c1-38-21-13-9-19(10-14-21)27-28(20-11-15-22(39-2)16-12-20)34-35-31(33-27)41-18-17-25(36)32-29-26(30(37)40-3)23-7-5-4-6-8-24(23)42-29/h9-16H,4-8,17-18H2,1-3H3,(H,32,36). The van der Waals surface area contributed by atoms with Crippen LogP contribution in [0.3, 0.4) is 0 Å². The largest absolute Gasteiger partial charge is 0.497 e. The number of anilines is 1. The Bertz CT molecular complexity index is 1560. The number of thiophene rings is 1. The first-order valence-corrected chi connectivity index (χ1v) is 15.5. The van der Waals surface area contributed by atoms with E-state index in [4.69, 9.17) is 19.2 Å². The number of hydrogen-bond donors (Lipinski definition) is 1. The average Bonchev–Trinajstić information content (AvgIpc) is 3.19. The van der Waals surface area contributed by atoms with Crippen LogP contribution in [0.15, 0.2) is 53.7 Å². The number of benzene rings is 2. The Kier molecular flexibility index (Phi) is 9.70. The molecule has 0 saturated heterocycles. The Labute approximate surface area is 253 Å². The molecular formula is C31H32N4O5S2. The number of hydrogen-bond acceptors (Lipinski definition) is 10. The molecule has 0 bridgehead atoms. The molecule has 1 amide bonds. The lowest BCUT2D eigenvalue weighted by Gasteiger charge is -2.11. The predicted molar refractivity (Wildman–Crippen MR) is 165 cm³/mol. The van der Waals surface area contributed by atoms with Gasteiger partial charge < -0.3 is 19.5 Å². The minimum atomic E-state index is -0.401. The summed E-state index contributed by atoms with van der Waals surface area (Å²) in [5, 5.41) is 12.9. The van der Waals surface area contributed by atoms with E-state index in [1.807, 2.05) is 48.5 Å². The summed E-state index contributed by atoms with van der Waals surface area (Å²) in [5.41, 5.74) is 4.56. The summed E-state index contributed by atoms with van der Waals surface area (Å²) in [6, 6.07) is 15.2. The second-order valence-electron chi connectivity index (χ2n) is 9.66. The number of thioether (sulfide) groups is 1. The number of rotatable bonds is 10. The highest BCUT2D eigenvalue weighted by Crippen LogP contribution is 2.38. The van der Waals surface area contributed by atoms with Crippen LogP contribution in [0.1, 0.15) is 46.5 Å². The molecule has 4 aromatic rings. The SMILES string of the molecule is COC(=O)c1c(NC(=O)CCSc2nnc(-c3ccc(OC)cc3)c(-c3ccc(OC)cc3)n2)sc2c1CCCCC2. The van der Waals surface area contributed by atoms with Gasteiger partial charge in [0.1, 0.15) is 27.9 Å². The van der Waals surface area contributed by atoms with Crippen molar-refractivity contribution < 1.29 is 23.8 Å². The van der Waals surface area contributed by atoms with Crippen LogP contribution in [0.5, 0.6) is 11.5 Å². The number of carbonyl (C=O) groups excluding carboxylic acids is 2. The van der Waals surface area contributed by atoms with Crippen LogP contribution in [0, 0.1) is 0 Å². The molecule has 1 aliphatic carbocycles. The molecule has 9 nitrogen and oxygen atoms in total. The Hall–Kier alpha value is -3.96. The smallest absolute Gasteiger partial charge is 0.341 e. The molecule has 5 rings (SSSR count). The number of amides is 1. The van der Waals surface area contributed by atoms with E-state index in [2.05, 4.69) is 15.5 Å². The minimum Gasteiger partial charge on any atom is -0.497 e. The second-order valence-corrected chi connectivity index (χ2v) is 11.8. The molecule has 0 radical (unpaired) electrons. The van der Waals surface area contributed by atoms with Gasteiger partial charge in [-0.1, -0.05) is 18.2 Å². The normalized spacial score (nSPS) is 12.6. The molecule has 11 heteroatoms. The summed E-state index contributed by atoms with van der Waals surface area (Å²) >= 11 is 2.84. The van der Waals surface area contributed by atoms with Crippen molar-refractivity contribution in [3.8, 4) is 34.0 Å². The molecule has 2 aromatic heterocycles. The van der Waals surface area contributed by atoms with Crippen molar-refractivity contribution in [3.05, 3.63) is 64.5 Å². The van der Waals surface area contributed by atoms with E-state index in [1.165, 1.54) is 35.1 Å². The third kappa shape index (κ3) is 6.74. The van der Waals surface area contributed by atoms with E-state index in [0.29, 0.717) is 32.9 Å². The molecule has 2 aromatic carbocycles. The van der Waals surface area contributed by atoms with Crippen LogP contribution < -0.4 is 14.8 Å². The zero-order chi connectivity index (χ0) is 29.5. The number of fused-ring (bicyclic) bond motifs is 1. The number of nitrogens with zero attached hydrogens (tertiary/aromatic N) is 3. The minimum absolute atomic E-state index is 0.178. The third-order valence-electron chi connectivity index (χ3n) is 7.02. The van der Waals surface area contributed by atoms with Crippen molar-refractivity contribution in [2.24, 2.45) is 0 Å². The lowest BCUT2D eigenvalue weighted by Crippen LogP contribution is -2.15. The van der Waals surface area contributed by atoms with Crippen molar-refractivity contribution in [2.45, 2.75) is 43.7 Å². The Balaban J connectivity index is 1.31. The highest BCUT2D eigenvalue weighted by Gasteiger charge is 2.26. The quantitative estimate of drug-likeness (QED) is 0.124. The third-order valence-corrected chi connectivity index (χ3v) is 9.06. The summed E-state index contributed by atoms with van der Waals surface area (Å²) in [5.74, 6) is 1.34. The molecule has 1 aliphatic rings. The van der Waals surface area contributed by atoms with Gasteiger partial charge in [-0.05, 0) is 79.8 Å². The lowest BCUT2D eigenvalue weighted by atomic mass is 10.0. The Morgan fingerprint density at radius 1 is 0.857 bits per heavy atom. The molecule has 42 heavy (non-hydrogen) atoms. The average molecular weight is 605 g/mol. The maximum Gasteiger partial charge on any atom is 0.341 e. The summed E-state index contributed by atoms with van der Waals surface area (Å²) in [6.07, 6.45) is 5.22. The first-order chi connectivity index (χ1) is 20.5. The van der Waals surface area contributed by atoms with Crippen LogP contribution in [-0.2, 0) is 22.4 Å². The van der Waals surface area contributed by atoms with Gasteiger partial charge in [0.2, 0.25) is 11.1 Å². The lowest BCUT2D eigenvalue weighted by molar-refractivity contribution is -0.115. The zero-order valence-electron chi connectivity index (χ0n) is 23.8. The Morgan fingerprint density at radius 3 is 2.14 bits per heavy atom. The molecule has 0 aliphatic heterocycles. The number of aryl methyl sites for hydroxylation is 1. The fraction of sp³-hybridized carbons (Fsp3) is 0.323. The molecular weight excluding hydrogens is 572 g/mol. The van der Waals surface area contributed by atoms with Gasteiger partial charge >= 0.3 is 5.97 Å². The van der Waals surface area contributed by atoms with E-state index in [1.54, 1.807) is 14.2 Å². The summed E-state index contributed by atoms with van der Waals surface area (Å²) in [4.78, 5) is 31.5. The van der Waals surface area contributed by atoms with E-state index in [-0.39, 0.29) is 12.3 Å². The fourth-order valence-electron chi connectivity index (χ4n) is 4.84. The molecule has 1 N–H and O–H groups in total. The second kappa shape index (κ2) is 13.8. The van der Waals surface area contributed by atoms with E-state index in [0.717, 1.165) is 60.3 Å². The number of nitrogens with one attached hydrogen (secondary N) is 1. The van der Waals surface area contributed by atoms with Crippen LogP contribution in [0.4, 0.5) is 5.00 Å². The molecule has 2 heterocycles.